The average Bonchev–Trinajstić information content (AvgIpc) is 2.35. The van der Waals surface area contributed by atoms with Gasteiger partial charge < -0.3 is 0 Å². The Morgan fingerprint density at radius 1 is 1.82 bits per heavy atom. The Labute approximate surface area is 64.3 Å². The van der Waals surface area contributed by atoms with E-state index in [2.05, 4.69) is 21.8 Å². The lowest BCUT2D eigenvalue weighted by atomic mass is 10.2. The van der Waals surface area contributed by atoms with Crippen LogP contribution < -0.4 is 0 Å². The first-order valence-corrected chi connectivity index (χ1v) is 3.23. The van der Waals surface area contributed by atoms with Gasteiger partial charge in [-0.1, -0.05) is 12.2 Å². The highest BCUT2D eigenvalue weighted by Crippen LogP contribution is 2.01. The molecule has 1 heterocycles. The number of Topliss-reactive ketones (excluding diaryl/α,β-unsaturated/α-hetero) is 1. The Kier molecular flexibility index (Phi) is 2.15. The average molecular weight is 151 g/mol. The Morgan fingerprint density at radius 3 is 3.00 bits per heavy atom. The second-order valence-electron chi connectivity index (χ2n) is 2.39. The highest BCUT2D eigenvalue weighted by molar-refractivity contribution is 5.93. The van der Waals surface area contributed by atoms with Crippen molar-refractivity contribution < 1.29 is 4.79 Å². The van der Waals surface area contributed by atoms with Gasteiger partial charge in [-0.2, -0.15) is 5.10 Å². The summed E-state index contributed by atoms with van der Waals surface area (Å²) in [6, 6.07) is 0. The third-order valence-corrected chi connectivity index (χ3v) is 1.14. The quantitative estimate of drug-likeness (QED) is 0.517. The minimum Gasteiger partial charge on any atom is -0.290 e. The van der Waals surface area contributed by atoms with Gasteiger partial charge in [0, 0.05) is 6.42 Å². The molecule has 1 rings (SSSR count). The zero-order chi connectivity index (χ0) is 8.27. The molecule has 4 heteroatoms. The minimum atomic E-state index is -0.0741. The first-order chi connectivity index (χ1) is 5.20. The van der Waals surface area contributed by atoms with E-state index in [1.165, 1.54) is 6.33 Å². The van der Waals surface area contributed by atoms with Crippen molar-refractivity contribution >= 4 is 5.78 Å². The second-order valence-corrected chi connectivity index (χ2v) is 2.39. The lowest BCUT2D eigenvalue weighted by Crippen LogP contribution is -2.01. The van der Waals surface area contributed by atoms with Gasteiger partial charge in [-0.15, -0.1) is 0 Å². The number of carbonyl (C=O) groups excluding carboxylic acids is 1. The predicted molar refractivity (Wildman–Crippen MR) is 40.1 cm³/mol. The molecule has 1 N–H and O–H groups in total. The highest BCUT2D eigenvalue weighted by atomic mass is 16.1. The second kappa shape index (κ2) is 3.09. The molecule has 4 nitrogen and oxygen atoms in total. The molecule has 0 atom stereocenters. The monoisotopic (exact) mass is 151 g/mol. The van der Waals surface area contributed by atoms with Crippen LogP contribution in [-0.4, -0.2) is 21.0 Å². The third kappa shape index (κ3) is 2.00. The summed E-state index contributed by atoms with van der Waals surface area (Å²) >= 11 is 0. The van der Waals surface area contributed by atoms with Crippen LogP contribution in [0.5, 0.6) is 0 Å². The van der Waals surface area contributed by atoms with Crippen molar-refractivity contribution in [3.8, 4) is 0 Å². The molecule has 0 saturated heterocycles. The van der Waals surface area contributed by atoms with Crippen molar-refractivity contribution in [3.05, 3.63) is 24.3 Å². The van der Waals surface area contributed by atoms with Gasteiger partial charge in [0.05, 0.1) is 0 Å². The van der Waals surface area contributed by atoms with E-state index in [1.807, 2.05) is 0 Å². The molecule has 0 amide bonds. The van der Waals surface area contributed by atoms with Crippen LogP contribution in [0.1, 0.15) is 24.0 Å². The SMILES string of the molecule is C=C(C)CC(=O)c1ncn[nH]1. The number of nitrogens with one attached hydrogen (secondary N) is 1. The number of carbonyl (C=O) groups is 1. The Hall–Kier alpha value is -1.45. The molecule has 0 aliphatic rings. The number of rotatable bonds is 3. The van der Waals surface area contributed by atoms with Crippen molar-refractivity contribution in [3.63, 3.8) is 0 Å². The van der Waals surface area contributed by atoms with Gasteiger partial charge in [0.1, 0.15) is 6.33 Å². The smallest absolute Gasteiger partial charge is 0.203 e. The van der Waals surface area contributed by atoms with E-state index in [9.17, 15) is 4.79 Å². The fraction of sp³-hybridized carbons (Fsp3) is 0.286. The zero-order valence-electron chi connectivity index (χ0n) is 6.29. The van der Waals surface area contributed by atoms with Crippen molar-refractivity contribution in [2.45, 2.75) is 13.3 Å². The summed E-state index contributed by atoms with van der Waals surface area (Å²) in [5, 5.41) is 6.05. The van der Waals surface area contributed by atoms with E-state index < -0.39 is 0 Å². The Bertz CT molecular complexity index is 263. The van der Waals surface area contributed by atoms with Crippen LogP contribution >= 0.6 is 0 Å². The third-order valence-electron chi connectivity index (χ3n) is 1.14. The van der Waals surface area contributed by atoms with Crippen molar-refractivity contribution in [2.24, 2.45) is 0 Å². The summed E-state index contributed by atoms with van der Waals surface area (Å²) in [4.78, 5) is 14.8. The van der Waals surface area contributed by atoms with E-state index in [0.29, 0.717) is 12.2 Å². The molecule has 0 aliphatic heterocycles. The van der Waals surface area contributed by atoms with Crippen LogP contribution in [0.4, 0.5) is 0 Å². The fourth-order valence-corrected chi connectivity index (χ4v) is 0.698. The lowest BCUT2D eigenvalue weighted by molar-refractivity contribution is 0.0983. The summed E-state index contributed by atoms with van der Waals surface area (Å²) < 4.78 is 0. The molecule has 0 spiro atoms. The van der Waals surface area contributed by atoms with E-state index in [4.69, 9.17) is 0 Å². The summed E-state index contributed by atoms with van der Waals surface area (Å²) in [7, 11) is 0. The van der Waals surface area contributed by atoms with E-state index in [-0.39, 0.29) is 5.78 Å². The molecule has 0 bridgehead atoms. The lowest BCUT2D eigenvalue weighted by Gasteiger charge is -1.93. The van der Waals surface area contributed by atoms with Gasteiger partial charge in [-0.25, -0.2) is 4.98 Å². The van der Waals surface area contributed by atoms with Gasteiger partial charge >= 0.3 is 0 Å². The molecule has 0 unspecified atom stereocenters. The number of hydrogen-bond donors (Lipinski definition) is 1. The van der Waals surface area contributed by atoms with Crippen LogP contribution in [0, 0.1) is 0 Å². The number of ketones is 1. The van der Waals surface area contributed by atoms with Crippen LogP contribution in [0.15, 0.2) is 18.5 Å². The summed E-state index contributed by atoms with van der Waals surface area (Å²) in [5.41, 5.74) is 0.825. The molecule has 0 saturated carbocycles. The topological polar surface area (TPSA) is 58.6 Å². The maximum absolute atomic E-state index is 11.1. The van der Waals surface area contributed by atoms with Gasteiger partial charge in [0.2, 0.25) is 5.78 Å². The molecule has 0 radical (unpaired) electrons. The van der Waals surface area contributed by atoms with Crippen LogP contribution in [0.2, 0.25) is 0 Å². The number of aromatic nitrogens is 3. The fourth-order valence-electron chi connectivity index (χ4n) is 0.698. The van der Waals surface area contributed by atoms with Gasteiger partial charge in [-0.05, 0) is 6.92 Å². The molecule has 0 aliphatic carbocycles. The van der Waals surface area contributed by atoms with Crippen LogP contribution in [0.3, 0.4) is 0 Å². The predicted octanol–water partition coefficient (Wildman–Crippen LogP) is 0.954. The van der Waals surface area contributed by atoms with Gasteiger partial charge in [0.25, 0.3) is 0 Å². The maximum Gasteiger partial charge on any atom is 0.203 e. The highest BCUT2D eigenvalue weighted by Gasteiger charge is 2.07. The Morgan fingerprint density at radius 2 is 2.55 bits per heavy atom. The number of H-pyrrole nitrogens is 1. The largest absolute Gasteiger partial charge is 0.290 e. The van der Waals surface area contributed by atoms with E-state index in [1.54, 1.807) is 6.92 Å². The summed E-state index contributed by atoms with van der Waals surface area (Å²) in [6.45, 7) is 5.42. The summed E-state index contributed by atoms with van der Waals surface area (Å²) in [6.07, 6.45) is 1.64. The number of hydrogen-bond acceptors (Lipinski definition) is 3. The molecular weight excluding hydrogens is 142 g/mol. The number of allylic oxidation sites excluding steroid dienone is 1. The molecule has 0 fully saturated rings. The number of nitrogens with zero attached hydrogens (tertiary/aromatic N) is 2. The Balaban J connectivity index is 2.64. The molecule has 58 valence electrons. The molecular formula is C7H9N3O. The standard InChI is InChI=1S/C7H9N3O/c1-5(2)3-6(11)7-8-4-9-10-7/h4H,1,3H2,2H3,(H,8,9,10). The number of aromatic amines is 1. The van der Waals surface area contributed by atoms with Crippen molar-refractivity contribution in [2.75, 3.05) is 0 Å². The van der Waals surface area contributed by atoms with Crippen LogP contribution in [-0.2, 0) is 0 Å². The minimum absolute atomic E-state index is 0.0741. The molecule has 0 aromatic carbocycles. The molecule has 1 aromatic heterocycles. The van der Waals surface area contributed by atoms with Crippen molar-refractivity contribution in [1.29, 1.82) is 0 Å². The van der Waals surface area contributed by atoms with E-state index >= 15 is 0 Å². The van der Waals surface area contributed by atoms with E-state index in [0.717, 1.165) is 5.57 Å². The van der Waals surface area contributed by atoms with Crippen LogP contribution in [0.25, 0.3) is 0 Å². The summed E-state index contributed by atoms with van der Waals surface area (Å²) in [5.74, 6) is 0.225. The maximum atomic E-state index is 11.1. The van der Waals surface area contributed by atoms with Crippen molar-refractivity contribution in [1.82, 2.24) is 15.2 Å². The first kappa shape index (κ1) is 7.65. The normalized spacial score (nSPS) is 9.55. The van der Waals surface area contributed by atoms with Gasteiger partial charge in [-0.3, -0.25) is 9.89 Å². The zero-order valence-corrected chi connectivity index (χ0v) is 6.29. The van der Waals surface area contributed by atoms with Gasteiger partial charge in [0.15, 0.2) is 5.82 Å². The molecule has 11 heavy (non-hydrogen) atoms. The first-order valence-electron chi connectivity index (χ1n) is 3.23. The molecule has 1 aromatic rings.